The van der Waals surface area contributed by atoms with Crippen molar-refractivity contribution in [2.45, 2.75) is 32.1 Å². The molecule has 3 aromatic carbocycles. The summed E-state index contributed by atoms with van der Waals surface area (Å²) in [6.07, 6.45) is 10.4. The molecule has 1 fully saturated rings. The molecule has 1 radical (unpaired) electrons. The zero-order valence-electron chi connectivity index (χ0n) is 16.7. The number of hydrogen-bond acceptors (Lipinski definition) is 0. The summed E-state index contributed by atoms with van der Waals surface area (Å²) in [4.78, 5) is 0. The second-order valence-electron chi connectivity index (χ2n) is 6.97. The molecule has 1 aliphatic carbocycles. The molecule has 2 heteroatoms. The Bertz CT molecular complexity index is 659. The Morgan fingerprint density at radius 3 is 1.18 bits per heavy atom. The maximum Gasteiger partial charge on any atom is 0.102 e. The maximum absolute atomic E-state index is 4.34. The van der Waals surface area contributed by atoms with Crippen LogP contribution in [0.25, 0.3) is 0 Å². The average Bonchev–Trinajstić information content (AvgIpc) is 2.79. The minimum atomic E-state index is -1.65. The van der Waals surface area contributed by atoms with Gasteiger partial charge < -0.3 is 13.3 Å². The van der Waals surface area contributed by atoms with E-state index in [1.807, 2.05) is 0 Å². The van der Waals surface area contributed by atoms with Crippen LogP contribution in [-0.2, 0) is 32.7 Å². The second kappa shape index (κ2) is 12.7. The van der Waals surface area contributed by atoms with Gasteiger partial charge >= 0.3 is 0 Å². The molecule has 0 spiro atoms. The van der Waals surface area contributed by atoms with Gasteiger partial charge in [-0.05, 0) is 42.6 Å². The van der Waals surface area contributed by atoms with E-state index in [-0.39, 0.29) is 32.7 Å². The average molecular weight is 462 g/mol. The molecule has 0 aromatic heterocycles. The van der Waals surface area contributed by atoms with Crippen molar-refractivity contribution in [1.82, 2.24) is 0 Å². The third-order valence-corrected chi connectivity index (χ3v) is 9.45. The number of benzene rings is 3. The normalized spacial score (nSPS) is 13.6. The van der Waals surface area contributed by atoms with E-state index in [0.29, 0.717) is 0 Å². The fraction of sp³-hybridized carbons (Fsp3) is 0.231. The van der Waals surface area contributed by atoms with Crippen LogP contribution in [0.5, 0.6) is 0 Å². The molecule has 0 heterocycles. The first-order valence-corrected chi connectivity index (χ1v) is 12.0. The van der Waals surface area contributed by atoms with E-state index < -0.39 is 7.26 Å². The third kappa shape index (κ3) is 5.85. The fourth-order valence-electron chi connectivity index (χ4n) is 3.78. The Hall–Kier alpha value is -0.806. The SMILES string of the molecule is [CH-]1CCCCC1.[CH2-]C[P+](c1ccccc1)(c1ccccc1)c1ccccc1.[Y]. The Kier molecular flexibility index (Phi) is 10.6. The summed E-state index contributed by atoms with van der Waals surface area (Å²) in [6.45, 7) is 4.34. The van der Waals surface area contributed by atoms with Gasteiger partial charge in [0, 0.05) is 32.7 Å². The summed E-state index contributed by atoms with van der Waals surface area (Å²) < 4.78 is 0. The molecule has 0 saturated heterocycles. The first-order chi connectivity index (χ1) is 13.4. The van der Waals surface area contributed by atoms with E-state index in [1.165, 1.54) is 48.0 Å². The monoisotopic (exact) mass is 462 g/mol. The van der Waals surface area contributed by atoms with Gasteiger partial charge in [0.05, 0.1) is 7.26 Å². The molecule has 0 aliphatic heterocycles. The van der Waals surface area contributed by atoms with E-state index in [9.17, 15) is 0 Å². The number of rotatable bonds is 4. The Morgan fingerprint density at radius 1 is 0.607 bits per heavy atom. The third-order valence-electron chi connectivity index (χ3n) is 5.24. The first-order valence-electron chi connectivity index (χ1n) is 10.0. The summed E-state index contributed by atoms with van der Waals surface area (Å²) in [5, 5.41) is 4.20. The molecular weight excluding hydrogens is 432 g/mol. The minimum Gasteiger partial charge on any atom is -0.328 e. The summed E-state index contributed by atoms with van der Waals surface area (Å²) >= 11 is 0. The van der Waals surface area contributed by atoms with Crippen LogP contribution in [0.1, 0.15) is 32.1 Å². The molecule has 28 heavy (non-hydrogen) atoms. The zero-order valence-corrected chi connectivity index (χ0v) is 20.4. The van der Waals surface area contributed by atoms with Crippen LogP contribution >= 0.6 is 7.26 Å². The van der Waals surface area contributed by atoms with Crippen molar-refractivity contribution in [3.8, 4) is 0 Å². The molecule has 1 aliphatic rings. The van der Waals surface area contributed by atoms with Crippen molar-refractivity contribution < 1.29 is 32.7 Å². The molecule has 0 bridgehead atoms. The van der Waals surface area contributed by atoms with E-state index in [0.717, 1.165) is 6.16 Å². The van der Waals surface area contributed by atoms with Crippen LogP contribution in [0.2, 0.25) is 0 Å². The predicted molar refractivity (Wildman–Crippen MR) is 123 cm³/mol. The van der Waals surface area contributed by atoms with Gasteiger partial charge in [-0.2, -0.15) is 12.8 Å². The molecule has 0 N–H and O–H groups in total. The summed E-state index contributed by atoms with van der Waals surface area (Å²) in [5.74, 6) is 0. The zero-order chi connectivity index (χ0) is 18.8. The molecule has 143 valence electrons. The van der Waals surface area contributed by atoms with Gasteiger partial charge in [-0.1, -0.05) is 73.9 Å². The maximum atomic E-state index is 4.34. The summed E-state index contributed by atoms with van der Waals surface area (Å²) in [6, 6.07) is 32.5. The topological polar surface area (TPSA) is 0 Å². The van der Waals surface area contributed by atoms with Crippen LogP contribution in [0.15, 0.2) is 91.0 Å². The standard InChI is InChI=1S/C20H19P.C6H11.Y/c1-2-21(18-12-6-3-7-13-18,19-14-8-4-9-15-19)20-16-10-5-11-17-20;1-2-4-6-5-3-1;/h3-17H,1-2H2;1H,2-6H2;/q;-1;. The van der Waals surface area contributed by atoms with E-state index in [1.54, 1.807) is 0 Å². The molecule has 0 nitrogen and oxygen atoms in total. The van der Waals surface area contributed by atoms with Crippen molar-refractivity contribution in [3.63, 3.8) is 0 Å². The van der Waals surface area contributed by atoms with Crippen molar-refractivity contribution in [1.29, 1.82) is 0 Å². The van der Waals surface area contributed by atoms with Crippen LogP contribution in [0.3, 0.4) is 0 Å². The molecular formula is C26H30PY-. The Labute approximate surface area is 197 Å². The molecule has 0 amide bonds. The first kappa shape index (κ1) is 23.5. The van der Waals surface area contributed by atoms with Crippen LogP contribution in [0.4, 0.5) is 0 Å². The summed E-state index contributed by atoms with van der Waals surface area (Å²) in [5.41, 5.74) is 0. The molecule has 0 atom stereocenters. The quantitative estimate of drug-likeness (QED) is 0.331. The van der Waals surface area contributed by atoms with Gasteiger partial charge in [0.2, 0.25) is 0 Å². The van der Waals surface area contributed by atoms with Crippen LogP contribution < -0.4 is 15.9 Å². The van der Waals surface area contributed by atoms with Gasteiger partial charge in [0.15, 0.2) is 0 Å². The molecule has 3 aromatic rings. The van der Waals surface area contributed by atoms with Gasteiger partial charge in [0.1, 0.15) is 15.9 Å². The largest absolute Gasteiger partial charge is 0.328 e. The number of hydrogen-bond donors (Lipinski definition) is 0. The Balaban J connectivity index is 0.000000344. The summed E-state index contributed by atoms with van der Waals surface area (Å²) in [7, 11) is -1.65. The van der Waals surface area contributed by atoms with E-state index in [4.69, 9.17) is 0 Å². The van der Waals surface area contributed by atoms with Crippen molar-refractivity contribution in [2.75, 3.05) is 6.16 Å². The second-order valence-corrected chi connectivity index (χ2v) is 10.6. The van der Waals surface area contributed by atoms with Crippen molar-refractivity contribution >= 4 is 23.2 Å². The fourth-order valence-corrected chi connectivity index (χ4v) is 7.49. The minimum absolute atomic E-state index is 0. The van der Waals surface area contributed by atoms with Crippen LogP contribution in [0, 0.1) is 13.3 Å². The van der Waals surface area contributed by atoms with Crippen molar-refractivity contribution in [2.24, 2.45) is 0 Å². The Morgan fingerprint density at radius 2 is 0.964 bits per heavy atom. The van der Waals surface area contributed by atoms with Gasteiger partial charge in [-0.3, -0.25) is 0 Å². The van der Waals surface area contributed by atoms with E-state index in [2.05, 4.69) is 104 Å². The van der Waals surface area contributed by atoms with Gasteiger partial charge in [0.25, 0.3) is 0 Å². The van der Waals surface area contributed by atoms with Gasteiger partial charge in [-0.15, -0.1) is 0 Å². The molecule has 4 rings (SSSR count). The smallest absolute Gasteiger partial charge is 0.102 e. The van der Waals surface area contributed by atoms with Crippen LogP contribution in [-0.4, -0.2) is 6.16 Å². The molecule has 0 unspecified atom stereocenters. The van der Waals surface area contributed by atoms with E-state index >= 15 is 0 Å². The predicted octanol–water partition coefficient (Wildman–Crippen LogP) is 5.97. The molecule has 1 saturated carbocycles. The van der Waals surface area contributed by atoms with Crippen molar-refractivity contribution in [3.05, 3.63) is 104 Å². The van der Waals surface area contributed by atoms with Gasteiger partial charge in [-0.25, -0.2) is 0 Å².